The van der Waals surface area contributed by atoms with E-state index < -0.39 is 10.0 Å². The zero-order valence-electron chi connectivity index (χ0n) is 25.8. The van der Waals surface area contributed by atoms with Crippen LogP contribution in [-0.4, -0.2) is 100 Å². The first-order valence-electron chi connectivity index (χ1n) is 15.0. The normalized spacial score (nSPS) is 16.3. The van der Waals surface area contributed by atoms with Crippen LogP contribution in [0.25, 0.3) is 0 Å². The number of rotatable bonds is 9. The number of benzene rings is 3. The number of carbonyl (C=O) groups is 2. The number of halogens is 2. The third kappa shape index (κ3) is 8.83. The van der Waals surface area contributed by atoms with Gasteiger partial charge in [-0.25, -0.2) is 13.2 Å². The van der Waals surface area contributed by atoms with Gasteiger partial charge in [0.05, 0.1) is 35.5 Å². The van der Waals surface area contributed by atoms with Gasteiger partial charge in [-0.3, -0.25) is 9.69 Å². The van der Waals surface area contributed by atoms with Gasteiger partial charge >= 0.3 is 6.03 Å². The van der Waals surface area contributed by atoms with E-state index in [1.807, 2.05) is 48.5 Å². The van der Waals surface area contributed by atoms with Gasteiger partial charge in [0.25, 0.3) is 0 Å². The van der Waals surface area contributed by atoms with E-state index in [4.69, 9.17) is 27.9 Å². The molecule has 2 aliphatic rings. The largest absolute Gasteiger partial charge is 0.497 e. The van der Waals surface area contributed by atoms with E-state index in [0.717, 1.165) is 28.3 Å². The molecule has 46 heavy (non-hydrogen) atoms. The van der Waals surface area contributed by atoms with Crippen molar-refractivity contribution < 1.29 is 22.7 Å². The number of ether oxygens (including phenoxy) is 1. The Morgan fingerprint density at radius 1 is 0.804 bits per heavy atom. The topological polar surface area (TPSA) is 115 Å². The molecule has 0 unspecified atom stereocenters. The van der Waals surface area contributed by atoms with Crippen LogP contribution in [0, 0.1) is 0 Å². The molecule has 0 spiro atoms. The molecule has 0 bridgehead atoms. The molecule has 2 heterocycles. The number of piperazine rings is 2. The molecule has 14 heteroatoms. The molecule has 11 nitrogen and oxygen atoms in total. The summed E-state index contributed by atoms with van der Waals surface area (Å²) >= 11 is 13.1. The van der Waals surface area contributed by atoms with Crippen molar-refractivity contribution in [1.29, 1.82) is 0 Å². The van der Waals surface area contributed by atoms with Crippen molar-refractivity contribution in [1.82, 2.24) is 14.1 Å². The Hall–Kier alpha value is -3.55. The van der Waals surface area contributed by atoms with Crippen molar-refractivity contribution in [2.24, 2.45) is 0 Å². The second-order valence-corrected chi connectivity index (χ2v) is 14.2. The Balaban J connectivity index is 1.08. The van der Waals surface area contributed by atoms with Crippen LogP contribution >= 0.6 is 23.2 Å². The minimum Gasteiger partial charge on any atom is -0.497 e. The van der Waals surface area contributed by atoms with E-state index in [2.05, 4.69) is 20.4 Å². The van der Waals surface area contributed by atoms with Crippen molar-refractivity contribution in [2.75, 3.05) is 81.3 Å². The molecule has 0 atom stereocenters. The van der Waals surface area contributed by atoms with Gasteiger partial charge in [-0.1, -0.05) is 35.3 Å². The number of hydrogen-bond donors (Lipinski definition) is 2. The molecule has 246 valence electrons. The average Bonchev–Trinajstić information content (AvgIpc) is 3.03. The van der Waals surface area contributed by atoms with Crippen molar-refractivity contribution in [3.05, 3.63) is 81.8 Å². The highest BCUT2D eigenvalue weighted by atomic mass is 35.5. The van der Waals surface area contributed by atoms with E-state index in [1.165, 1.54) is 10.6 Å². The van der Waals surface area contributed by atoms with E-state index in [0.29, 0.717) is 74.6 Å². The second-order valence-electron chi connectivity index (χ2n) is 11.4. The third-order valence-corrected chi connectivity index (χ3v) is 10.0. The molecule has 3 aromatic rings. The lowest BCUT2D eigenvalue weighted by atomic mass is 10.1. The molecular formula is C32H38Cl2N6O5S. The molecule has 0 saturated carbocycles. The van der Waals surface area contributed by atoms with Crippen LogP contribution in [0.5, 0.6) is 5.75 Å². The van der Waals surface area contributed by atoms with Gasteiger partial charge in [-0.2, -0.15) is 4.31 Å². The summed E-state index contributed by atoms with van der Waals surface area (Å²) in [5, 5.41) is 6.51. The summed E-state index contributed by atoms with van der Waals surface area (Å²) in [5.41, 5.74) is 3.88. The van der Waals surface area contributed by atoms with Crippen molar-refractivity contribution >= 4 is 62.2 Å². The Kier molecular flexibility index (Phi) is 11.0. The summed E-state index contributed by atoms with van der Waals surface area (Å²) in [6, 6.07) is 18.4. The number of sulfonamides is 1. The molecule has 0 radical (unpaired) electrons. The van der Waals surface area contributed by atoms with Crippen LogP contribution in [0.1, 0.15) is 11.1 Å². The fourth-order valence-electron chi connectivity index (χ4n) is 5.56. The SMILES string of the molecule is COc1ccc(CC(=O)Nc2ccc(N3CCN(C(=O)Nc4c(Cl)cc(CN5CCN(S(C)(=O)=O)CC5)cc4Cl)CC3)cc2)cc1. The molecule has 0 aromatic heterocycles. The number of nitrogens with one attached hydrogen (secondary N) is 2. The molecular weight excluding hydrogens is 651 g/mol. The molecule has 0 aliphatic carbocycles. The zero-order valence-corrected chi connectivity index (χ0v) is 28.2. The van der Waals surface area contributed by atoms with Gasteiger partial charge in [-0.15, -0.1) is 0 Å². The summed E-state index contributed by atoms with van der Waals surface area (Å²) in [6.45, 7) is 4.99. The fourth-order valence-corrected chi connectivity index (χ4v) is 7.01. The van der Waals surface area contributed by atoms with Crippen LogP contribution in [0.15, 0.2) is 60.7 Å². The van der Waals surface area contributed by atoms with Gasteiger partial charge in [0, 0.05) is 70.3 Å². The van der Waals surface area contributed by atoms with Crippen molar-refractivity contribution in [2.45, 2.75) is 13.0 Å². The first-order chi connectivity index (χ1) is 22.0. The Morgan fingerprint density at radius 2 is 1.41 bits per heavy atom. The lowest BCUT2D eigenvalue weighted by molar-refractivity contribution is -0.115. The van der Waals surface area contributed by atoms with E-state index in [1.54, 1.807) is 24.1 Å². The van der Waals surface area contributed by atoms with Gasteiger partial charge in [0.2, 0.25) is 15.9 Å². The first kappa shape index (κ1) is 33.8. The Labute approximate surface area is 280 Å². The van der Waals surface area contributed by atoms with E-state index >= 15 is 0 Å². The number of hydrogen-bond acceptors (Lipinski definition) is 7. The standard InChI is InChI=1S/C32H38Cl2N6O5S/c1-45-27-9-3-23(4-10-27)21-30(41)35-25-5-7-26(8-6-25)38-13-15-39(16-14-38)32(42)36-31-28(33)19-24(20-29(31)34)22-37-11-17-40(18-12-37)46(2,43)44/h3-10,19-20H,11-18,21-22H2,1-2H3,(H,35,41)(H,36,42). The monoisotopic (exact) mass is 688 g/mol. The lowest BCUT2D eigenvalue weighted by Gasteiger charge is -2.36. The number of methoxy groups -OCH3 is 1. The lowest BCUT2D eigenvalue weighted by Crippen LogP contribution is -2.50. The first-order valence-corrected chi connectivity index (χ1v) is 17.6. The maximum absolute atomic E-state index is 13.1. The van der Waals surface area contributed by atoms with Crippen LogP contribution in [-0.2, 0) is 27.8 Å². The van der Waals surface area contributed by atoms with Crippen LogP contribution in [0.4, 0.5) is 21.9 Å². The summed E-state index contributed by atoms with van der Waals surface area (Å²) in [6.07, 6.45) is 1.49. The van der Waals surface area contributed by atoms with Crippen molar-refractivity contribution in [3.8, 4) is 5.75 Å². The second kappa shape index (κ2) is 14.9. The highest BCUT2D eigenvalue weighted by Crippen LogP contribution is 2.33. The van der Waals surface area contributed by atoms with Gasteiger partial charge in [0.1, 0.15) is 5.75 Å². The minimum atomic E-state index is -3.19. The van der Waals surface area contributed by atoms with Crippen molar-refractivity contribution in [3.63, 3.8) is 0 Å². The maximum atomic E-state index is 13.1. The van der Waals surface area contributed by atoms with Crippen LogP contribution < -0.4 is 20.3 Å². The highest BCUT2D eigenvalue weighted by molar-refractivity contribution is 7.88. The number of anilines is 3. The van der Waals surface area contributed by atoms with E-state index in [9.17, 15) is 18.0 Å². The van der Waals surface area contributed by atoms with Gasteiger partial charge in [0.15, 0.2) is 0 Å². The molecule has 2 saturated heterocycles. The van der Waals surface area contributed by atoms with Crippen LogP contribution in [0.2, 0.25) is 10.0 Å². The average molecular weight is 690 g/mol. The summed E-state index contributed by atoms with van der Waals surface area (Å²) in [7, 11) is -1.59. The Morgan fingerprint density at radius 3 is 1.98 bits per heavy atom. The predicted octanol–water partition coefficient (Wildman–Crippen LogP) is 4.61. The van der Waals surface area contributed by atoms with Crippen LogP contribution in [0.3, 0.4) is 0 Å². The molecule has 2 N–H and O–H groups in total. The number of nitrogens with zero attached hydrogens (tertiary/aromatic N) is 4. The molecule has 3 amide bonds. The fraction of sp³-hybridized carbons (Fsp3) is 0.375. The van der Waals surface area contributed by atoms with Gasteiger partial charge in [-0.05, 0) is 59.7 Å². The molecule has 3 aromatic carbocycles. The summed E-state index contributed by atoms with van der Waals surface area (Å²) < 4.78 is 30.2. The molecule has 5 rings (SSSR count). The predicted molar refractivity (Wildman–Crippen MR) is 183 cm³/mol. The summed E-state index contributed by atoms with van der Waals surface area (Å²) in [4.78, 5) is 31.7. The number of amides is 3. The molecule has 2 aliphatic heterocycles. The Bertz CT molecular complexity index is 1620. The highest BCUT2D eigenvalue weighted by Gasteiger charge is 2.25. The number of urea groups is 1. The quantitative estimate of drug-likeness (QED) is 0.337. The third-order valence-electron chi connectivity index (χ3n) is 8.15. The van der Waals surface area contributed by atoms with Gasteiger partial charge < -0.3 is 25.2 Å². The maximum Gasteiger partial charge on any atom is 0.322 e. The minimum absolute atomic E-state index is 0.0996. The molecule has 2 fully saturated rings. The zero-order chi connectivity index (χ0) is 32.8. The number of carbonyl (C=O) groups excluding carboxylic acids is 2. The summed E-state index contributed by atoms with van der Waals surface area (Å²) in [5.74, 6) is 0.649. The van der Waals surface area contributed by atoms with E-state index in [-0.39, 0.29) is 18.4 Å². The smallest absolute Gasteiger partial charge is 0.322 e.